The number of hydrogen-bond donors (Lipinski definition) is 1. The summed E-state index contributed by atoms with van der Waals surface area (Å²) in [7, 11) is 3.50. The zero-order valence-electron chi connectivity index (χ0n) is 26.0. The molecule has 1 aromatic carbocycles. The van der Waals surface area contributed by atoms with Crippen LogP contribution in [0.15, 0.2) is 12.1 Å². The van der Waals surface area contributed by atoms with Crippen LogP contribution in [-0.4, -0.2) is 81.3 Å². The molecule has 1 unspecified atom stereocenters. The lowest BCUT2D eigenvalue weighted by Gasteiger charge is -2.57. The quantitative estimate of drug-likeness (QED) is 0.312. The Morgan fingerprint density at radius 1 is 1.15 bits per heavy atom. The summed E-state index contributed by atoms with van der Waals surface area (Å²) in [4.78, 5) is 28.7. The number of nitrogen functional groups attached to an aromatic ring is 1. The predicted molar refractivity (Wildman–Crippen MR) is 164 cm³/mol. The average Bonchev–Trinajstić information content (AvgIpc) is 3.18. The molecule has 0 radical (unpaired) electrons. The molecule has 0 saturated carbocycles. The Morgan fingerprint density at radius 3 is 2.66 bits per heavy atom. The summed E-state index contributed by atoms with van der Waals surface area (Å²) < 4.78 is 69.8. The Kier molecular flexibility index (Phi) is 7.99. The fourth-order valence-electron chi connectivity index (χ4n) is 7.33. The van der Waals surface area contributed by atoms with Crippen molar-refractivity contribution in [3.63, 3.8) is 0 Å². The first kappa shape index (κ1) is 31.9. The standard InChI is InChI=1S/C31H35ClF4N8O3/c1-41-9-4-3-8-30(41)15-43(16-30)28(45)26-24(32)21-13-42(10-5-11-44(21)40-26)27-17-14-47-22(12-20(17)38-29(39-27)46-2)23-18(31(34,35)36)6-7-19(37)25(23)33/h6-7,22H,3-5,8-16,37H2,1-2H3. The van der Waals surface area contributed by atoms with Crippen LogP contribution in [0.5, 0.6) is 6.01 Å². The zero-order chi connectivity index (χ0) is 33.2. The van der Waals surface area contributed by atoms with Crippen molar-refractivity contribution >= 4 is 29.0 Å². The number of benzene rings is 1. The number of anilines is 2. The molecule has 7 rings (SSSR count). The maximum atomic E-state index is 15.1. The molecule has 16 heteroatoms. The first-order chi connectivity index (χ1) is 22.4. The van der Waals surface area contributed by atoms with Gasteiger partial charge in [0.15, 0.2) is 11.5 Å². The van der Waals surface area contributed by atoms with Gasteiger partial charge in [-0.05, 0) is 45.0 Å². The monoisotopic (exact) mass is 678 g/mol. The largest absolute Gasteiger partial charge is 0.467 e. The lowest BCUT2D eigenvalue weighted by Crippen LogP contribution is -2.71. The van der Waals surface area contributed by atoms with Crippen LogP contribution >= 0.6 is 11.6 Å². The van der Waals surface area contributed by atoms with Gasteiger partial charge in [0.25, 0.3) is 5.91 Å². The van der Waals surface area contributed by atoms with Crippen LogP contribution in [-0.2, 0) is 37.0 Å². The molecule has 47 heavy (non-hydrogen) atoms. The van der Waals surface area contributed by atoms with E-state index in [4.69, 9.17) is 26.8 Å². The van der Waals surface area contributed by atoms with E-state index in [-0.39, 0.29) is 47.7 Å². The van der Waals surface area contributed by atoms with Crippen LogP contribution in [0, 0.1) is 5.82 Å². The number of likely N-dealkylation sites (tertiary alicyclic amines) is 2. The molecule has 2 aromatic heterocycles. The van der Waals surface area contributed by atoms with Gasteiger partial charge in [-0.2, -0.15) is 28.2 Å². The van der Waals surface area contributed by atoms with Crippen molar-refractivity contribution in [3.05, 3.63) is 56.7 Å². The Bertz CT molecular complexity index is 1730. The molecule has 0 aliphatic carbocycles. The van der Waals surface area contributed by atoms with E-state index < -0.39 is 34.9 Å². The predicted octanol–water partition coefficient (Wildman–Crippen LogP) is 4.61. The lowest BCUT2D eigenvalue weighted by atomic mass is 9.80. The van der Waals surface area contributed by atoms with Crippen molar-refractivity contribution in [2.24, 2.45) is 0 Å². The lowest BCUT2D eigenvalue weighted by molar-refractivity contribution is -0.140. The third-order valence-electron chi connectivity index (χ3n) is 9.96. The van der Waals surface area contributed by atoms with Gasteiger partial charge < -0.3 is 25.0 Å². The highest BCUT2D eigenvalue weighted by Gasteiger charge is 2.49. The van der Waals surface area contributed by atoms with Gasteiger partial charge in [-0.15, -0.1) is 0 Å². The fraction of sp³-hybridized carbons (Fsp3) is 0.548. The minimum Gasteiger partial charge on any atom is -0.467 e. The van der Waals surface area contributed by atoms with Gasteiger partial charge in [-0.25, -0.2) is 4.39 Å². The Balaban J connectivity index is 1.16. The molecular weight excluding hydrogens is 644 g/mol. The van der Waals surface area contributed by atoms with Gasteiger partial charge in [-0.1, -0.05) is 18.0 Å². The van der Waals surface area contributed by atoms with Crippen molar-refractivity contribution in [1.29, 1.82) is 0 Å². The highest BCUT2D eigenvalue weighted by molar-refractivity contribution is 6.34. The van der Waals surface area contributed by atoms with Crippen LogP contribution in [0.2, 0.25) is 5.02 Å². The van der Waals surface area contributed by atoms with E-state index in [1.54, 1.807) is 9.58 Å². The number of hydrogen-bond acceptors (Lipinski definition) is 9. The molecule has 2 N–H and O–H groups in total. The number of fused-ring (bicyclic) bond motifs is 2. The van der Waals surface area contributed by atoms with E-state index in [1.807, 2.05) is 4.90 Å². The number of alkyl halides is 3. The number of ether oxygens (including phenoxy) is 2. The summed E-state index contributed by atoms with van der Waals surface area (Å²) in [5.41, 5.74) is 5.24. The number of methoxy groups -OCH3 is 1. The number of nitrogens with two attached hydrogens (primary N) is 1. The van der Waals surface area contributed by atoms with E-state index >= 15 is 4.39 Å². The van der Waals surface area contributed by atoms with Crippen molar-refractivity contribution in [2.45, 2.75) is 69.6 Å². The van der Waals surface area contributed by atoms with Gasteiger partial charge in [-0.3, -0.25) is 14.4 Å². The third-order valence-corrected chi connectivity index (χ3v) is 10.4. The van der Waals surface area contributed by atoms with E-state index in [0.717, 1.165) is 37.9 Å². The SMILES string of the molecule is COc1nc2c(c(N3CCCn4nc(C(=O)N5CC6(CCCCN6C)C5)c(Cl)c4C3)n1)COC(c1c(C(F)(F)F)ccc(N)c1F)C2. The first-order valence-electron chi connectivity index (χ1n) is 15.6. The van der Waals surface area contributed by atoms with Gasteiger partial charge >= 0.3 is 12.2 Å². The first-order valence-corrected chi connectivity index (χ1v) is 16.0. The van der Waals surface area contributed by atoms with Crippen molar-refractivity contribution in [1.82, 2.24) is 29.5 Å². The van der Waals surface area contributed by atoms with E-state index in [1.165, 1.54) is 7.11 Å². The summed E-state index contributed by atoms with van der Waals surface area (Å²) in [5.74, 6) is -0.910. The summed E-state index contributed by atoms with van der Waals surface area (Å²) in [6, 6.07) is 1.66. The molecule has 2 saturated heterocycles. The number of likely N-dealkylation sites (N-methyl/N-ethyl adjacent to an activating group) is 1. The summed E-state index contributed by atoms with van der Waals surface area (Å²) in [6.45, 7) is 3.43. The zero-order valence-corrected chi connectivity index (χ0v) is 26.8. The molecule has 4 aliphatic heterocycles. The number of rotatable bonds is 4. The normalized spacial score (nSPS) is 21.2. The van der Waals surface area contributed by atoms with Gasteiger partial charge in [0, 0.05) is 43.7 Å². The topological polar surface area (TPSA) is 115 Å². The molecule has 0 bridgehead atoms. The van der Waals surface area contributed by atoms with Crippen LogP contribution in [0.25, 0.3) is 0 Å². The van der Waals surface area contributed by atoms with Gasteiger partial charge in [0.1, 0.15) is 5.82 Å². The molecule has 3 aromatic rings. The highest BCUT2D eigenvalue weighted by atomic mass is 35.5. The molecule has 6 heterocycles. The average molecular weight is 679 g/mol. The molecular formula is C31H35ClF4N8O3. The Labute approximate surface area is 273 Å². The summed E-state index contributed by atoms with van der Waals surface area (Å²) >= 11 is 6.87. The molecule has 1 atom stereocenters. The second-order valence-electron chi connectivity index (χ2n) is 12.8. The van der Waals surface area contributed by atoms with E-state index in [9.17, 15) is 18.0 Å². The Morgan fingerprint density at radius 2 is 1.94 bits per heavy atom. The van der Waals surface area contributed by atoms with Crippen LogP contribution in [0.3, 0.4) is 0 Å². The fourth-order valence-corrected chi connectivity index (χ4v) is 7.60. The molecule has 252 valence electrons. The maximum absolute atomic E-state index is 15.1. The number of halogens is 5. The smallest absolute Gasteiger partial charge is 0.416 e. The third kappa shape index (κ3) is 5.45. The molecule has 4 aliphatic rings. The second-order valence-corrected chi connectivity index (χ2v) is 13.1. The minimum absolute atomic E-state index is 0.00241. The van der Waals surface area contributed by atoms with Gasteiger partial charge in [0.05, 0.1) is 59.6 Å². The minimum atomic E-state index is -4.82. The van der Waals surface area contributed by atoms with Crippen LogP contribution in [0.1, 0.15) is 70.4 Å². The van der Waals surface area contributed by atoms with E-state index in [0.29, 0.717) is 55.4 Å². The van der Waals surface area contributed by atoms with Crippen LogP contribution < -0.4 is 15.4 Å². The number of piperidine rings is 1. The molecule has 2 fully saturated rings. The highest BCUT2D eigenvalue weighted by Crippen LogP contribution is 2.43. The molecule has 11 nitrogen and oxygen atoms in total. The molecule has 1 spiro atoms. The number of aromatic nitrogens is 4. The van der Waals surface area contributed by atoms with Crippen molar-refractivity contribution < 1.29 is 31.8 Å². The maximum Gasteiger partial charge on any atom is 0.416 e. The van der Waals surface area contributed by atoms with Crippen LogP contribution in [0.4, 0.5) is 29.1 Å². The molecule has 1 amide bonds. The summed E-state index contributed by atoms with van der Waals surface area (Å²) in [6.07, 6.45) is -2.26. The van der Waals surface area contributed by atoms with Crippen molar-refractivity contribution in [2.75, 3.05) is 51.0 Å². The Hall–Kier alpha value is -3.69. The van der Waals surface area contributed by atoms with E-state index in [2.05, 4.69) is 27.0 Å². The van der Waals surface area contributed by atoms with Gasteiger partial charge in [0.2, 0.25) is 0 Å². The number of aryl methyl sites for hydroxylation is 1. The number of nitrogens with zero attached hydrogens (tertiary/aromatic N) is 7. The summed E-state index contributed by atoms with van der Waals surface area (Å²) in [5, 5.41) is 4.92. The number of carbonyl (C=O) groups excluding carboxylic acids is 1. The van der Waals surface area contributed by atoms with Crippen molar-refractivity contribution in [3.8, 4) is 6.01 Å². The second kappa shape index (κ2) is 11.8. The number of carbonyl (C=O) groups is 1. The number of amides is 1.